The molecule has 0 aliphatic rings. The van der Waals surface area contributed by atoms with Crippen LogP contribution in [0.2, 0.25) is 0 Å². The zero-order valence-corrected chi connectivity index (χ0v) is 13.7. The lowest BCUT2D eigenvalue weighted by Crippen LogP contribution is -2.37. The monoisotopic (exact) mass is 312 g/mol. The number of hydrogen-bond donors (Lipinski definition) is 1. The Bertz CT molecular complexity index is 583. The first-order valence-electron chi connectivity index (χ1n) is 6.88. The predicted molar refractivity (Wildman–Crippen MR) is 85.0 cm³/mol. The molecule has 0 unspecified atom stereocenters. The van der Waals surface area contributed by atoms with Crippen molar-refractivity contribution in [3.8, 4) is 5.75 Å². The Labute approximate surface area is 127 Å². The third-order valence-corrected chi connectivity index (χ3v) is 5.30. The Morgan fingerprint density at radius 2 is 2.10 bits per heavy atom. The van der Waals surface area contributed by atoms with Crippen molar-refractivity contribution in [2.45, 2.75) is 31.2 Å². The second kappa shape index (κ2) is 7.59. The lowest BCUT2D eigenvalue weighted by Gasteiger charge is -2.26. The molecular formula is C15H24N2O3S. The number of sulfonamides is 1. The highest BCUT2D eigenvalue weighted by Crippen LogP contribution is 2.26. The van der Waals surface area contributed by atoms with Gasteiger partial charge in [0.15, 0.2) is 0 Å². The SMILES string of the molecule is C=CCN(C(C)C)S(=O)(=O)c1ccc(OC)cc1CCN. The molecule has 6 heteroatoms. The molecule has 21 heavy (non-hydrogen) atoms. The zero-order valence-electron chi connectivity index (χ0n) is 12.9. The standard InChI is InChI=1S/C15H24N2O3S/c1-5-10-17(12(2)3)21(18,19)15-7-6-14(20-4)11-13(15)8-9-16/h5-7,11-12H,1,8-10,16H2,2-4H3. The Morgan fingerprint density at radius 1 is 1.43 bits per heavy atom. The number of ether oxygens (including phenoxy) is 1. The van der Waals surface area contributed by atoms with Crippen LogP contribution in [0.3, 0.4) is 0 Å². The number of hydrogen-bond acceptors (Lipinski definition) is 4. The summed E-state index contributed by atoms with van der Waals surface area (Å²) in [6.45, 7) is 7.96. The molecule has 1 aromatic rings. The predicted octanol–water partition coefficient (Wildman–Crippen LogP) is 1.78. The summed E-state index contributed by atoms with van der Waals surface area (Å²) in [5.74, 6) is 0.622. The summed E-state index contributed by atoms with van der Waals surface area (Å²) in [4.78, 5) is 0.282. The van der Waals surface area contributed by atoms with Gasteiger partial charge >= 0.3 is 0 Å². The molecule has 0 aliphatic carbocycles. The van der Waals surface area contributed by atoms with Gasteiger partial charge in [-0.05, 0) is 50.6 Å². The van der Waals surface area contributed by atoms with E-state index in [0.29, 0.717) is 24.3 Å². The summed E-state index contributed by atoms with van der Waals surface area (Å²) in [5.41, 5.74) is 6.27. The highest BCUT2D eigenvalue weighted by atomic mass is 32.2. The maximum absolute atomic E-state index is 12.9. The van der Waals surface area contributed by atoms with E-state index in [1.54, 1.807) is 31.4 Å². The van der Waals surface area contributed by atoms with Gasteiger partial charge in [-0.3, -0.25) is 0 Å². The molecule has 0 bridgehead atoms. The van der Waals surface area contributed by atoms with Gasteiger partial charge in [-0.15, -0.1) is 6.58 Å². The van der Waals surface area contributed by atoms with Crippen molar-refractivity contribution in [1.82, 2.24) is 4.31 Å². The van der Waals surface area contributed by atoms with E-state index < -0.39 is 10.0 Å². The Balaban J connectivity index is 3.38. The largest absolute Gasteiger partial charge is 0.497 e. The minimum absolute atomic E-state index is 0.152. The van der Waals surface area contributed by atoms with Gasteiger partial charge in [-0.2, -0.15) is 4.31 Å². The van der Waals surface area contributed by atoms with Crippen molar-refractivity contribution < 1.29 is 13.2 Å². The van der Waals surface area contributed by atoms with E-state index >= 15 is 0 Å². The fourth-order valence-corrected chi connectivity index (χ4v) is 3.97. The van der Waals surface area contributed by atoms with Crippen molar-refractivity contribution in [2.75, 3.05) is 20.2 Å². The van der Waals surface area contributed by atoms with Gasteiger partial charge in [0.1, 0.15) is 5.75 Å². The molecule has 0 saturated heterocycles. The van der Waals surface area contributed by atoms with E-state index in [1.807, 2.05) is 13.8 Å². The van der Waals surface area contributed by atoms with Crippen molar-refractivity contribution in [3.05, 3.63) is 36.4 Å². The van der Waals surface area contributed by atoms with Crippen LogP contribution in [0.5, 0.6) is 5.75 Å². The van der Waals surface area contributed by atoms with Crippen LogP contribution in [0.25, 0.3) is 0 Å². The maximum Gasteiger partial charge on any atom is 0.243 e. The lowest BCUT2D eigenvalue weighted by atomic mass is 10.1. The van der Waals surface area contributed by atoms with Gasteiger partial charge in [-0.1, -0.05) is 6.08 Å². The second-order valence-corrected chi connectivity index (χ2v) is 6.83. The van der Waals surface area contributed by atoms with Crippen LogP contribution in [-0.2, 0) is 16.4 Å². The second-order valence-electron chi connectivity index (χ2n) is 4.97. The summed E-state index contributed by atoms with van der Waals surface area (Å²) in [6, 6.07) is 4.81. The van der Waals surface area contributed by atoms with E-state index in [-0.39, 0.29) is 17.5 Å². The summed E-state index contributed by atoms with van der Waals surface area (Å²) in [5, 5.41) is 0. The average Bonchev–Trinajstić information content (AvgIpc) is 2.44. The fraction of sp³-hybridized carbons (Fsp3) is 0.467. The molecule has 0 amide bonds. The Hall–Kier alpha value is -1.37. The Kier molecular flexibility index (Phi) is 6.39. The van der Waals surface area contributed by atoms with E-state index in [9.17, 15) is 8.42 Å². The fourth-order valence-electron chi connectivity index (χ4n) is 2.13. The third kappa shape index (κ3) is 4.06. The van der Waals surface area contributed by atoms with Crippen LogP contribution in [0.15, 0.2) is 35.7 Å². The van der Waals surface area contributed by atoms with Gasteiger partial charge in [0.05, 0.1) is 12.0 Å². The minimum atomic E-state index is -3.59. The first-order valence-corrected chi connectivity index (χ1v) is 8.32. The molecule has 0 atom stereocenters. The highest BCUT2D eigenvalue weighted by molar-refractivity contribution is 7.89. The van der Waals surface area contributed by atoms with E-state index in [0.717, 1.165) is 0 Å². The van der Waals surface area contributed by atoms with Crippen LogP contribution in [0.1, 0.15) is 19.4 Å². The van der Waals surface area contributed by atoms with Crippen molar-refractivity contribution in [2.24, 2.45) is 5.73 Å². The highest BCUT2D eigenvalue weighted by Gasteiger charge is 2.28. The lowest BCUT2D eigenvalue weighted by molar-refractivity contribution is 0.382. The van der Waals surface area contributed by atoms with Gasteiger partial charge in [0.2, 0.25) is 10.0 Å². The summed E-state index contributed by atoms with van der Waals surface area (Å²) < 4.78 is 32.3. The summed E-state index contributed by atoms with van der Waals surface area (Å²) in [7, 11) is -2.04. The van der Waals surface area contributed by atoms with E-state index in [2.05, 4.69) is 6.58 Å². The van der Waals surface area contributed by atoms with Gasteiger partial charge in [0.25, 0.3) is 0 Å². The number of benzene rings is 1. The smallest absolute Gasteiger partial charge is 0.243 e. The molecule has 0 aliphatic heterocycles. The van der Waals surface area contributed by atoms with Crippen LogP contribution in [0, 0.1) is 0 Å². The maximum atomic E-state index is 12.9. The van der Waals surface area contributed by atoms with E-state index in [1.165, 1.54) is 4.31 Å². The first-order chi connectivity index (χ1) is 9.88. The average molecular weight is 312 g/mol. The molecule has 0 heterocycles. The molecule has 5 nitrogen and oxygen atoms in total. The molecule has 2 N–H and O–H groups in total. The quantitative estimate of drug-likeness (QED) is 0.743. The van der Waals surface area contributed by atoms with Crippen LogP contribution < -0.4 is 10.5 Å². The summed E-state index contributed by atoms with van der Waals surface area (Å²) >= 11 is 0. The topological polar surface area (TPSA) is 72.6 Å². The molecular weight excluding hydrogens is 288 g/mol. The Morgan fingerprint density at radius 3 is 2.57 bits per heavy atom. The molecule has 0 fully saturated rings. The van der Waals surface area contributed by atoms with Crippen LogP contribution in [0.4, 0.5) is 0 Å². The van der Waals surface area contributed by atoms with Gasteiger partial charge < -0.3 is 10.5 Å². The number of nitrogens with zero attached hydrogens (tertiary/aromatic N) is 1. The van der Waals surface area contributed by atoms with Gasteiger partial charge in [-0.25, -0.2) is 8.42 Å². The molecule has 1 aromatic carbocycles. The summed E-state index contributed by atoms with van der Waals surface area (Å²) in [6.07, 6.45) is 2.06. The van der Waals surface area contributed by atoms with Crippen LogP contribution in [-0.4, -0.2) is 39.0 Å². The van der Waals surface area contributed by atoms with Crippen molar-refractivity contribution in [1.29, 1.82) is 0 Å². The van der Waals surface area contributed by atoms with Crippen molar-refractivity contribution >= 4 is 10.0 Å². The minimum Gasteiger partial charge on any atom is -0.497 e. The van der Waals surface area contributed by atoms with E-state index in [4.69, 9.17) is 10.5 Å². The molecule has 0 saturated carbocycles. The normalized spacial score (nSPS) is 11.9. The zero-order chi connectivity index (χ0) is 16.0. The molecule has 0 spiro atoms. The molecule has 0 aromatic heterocycles. The number of nitrogens with two attached hydrogens (primary N) is 1. The molecule has 118 valence electrons. The third-order valence-electron chi connectivity index (χ3n) is 3.15. The van der Waals surface area contributed by atoms with Gasteiger partial charge in [0, 0.05) is 12.6 Å². The number of methoxy groups -OCH3 is 1. The molecule has 0 radical (unpaired) electrons. The molecule has 1 rings (SSSR count). The van der Waals surface area contributed by atoms with Crippen LogP contribution >= 0.6 is 0 Å². The van der Waals surface area contributed by atoms with Crippen molar-refractivity contribution in [3.63, 3.8) is 0 Å². The number of rotatable bonds is 8. The first kappa shape index (κ1) is 17.7.